The molecule has 100 valence electrons. The maximum atomic E-state index is 13.8. The highest BCUT2D eigenvalue weighted by Crippen LogP contribution is 2.25. The van der Waals surface area contributed by atoms with Crippen LogP contribution in [0.1, 0.15) is 31.4 Å². The molecule has 0 aliphatic carbocycles. The van der Waals surface area contributed by atoms with Gasteiger partial charge in [-0.1, -0.05) is 19.1 Å². The van der Waals surface area contributed by atoms with E-state index >= 15 is 0 Å². The van der Waals surface area contributed by atoms with E-state index < -0.39 is 0 Å². The van der Waals surface area contributed by atoms with Crippen molar-refractivity contribution in [3.8, 4) is 0 Å². The monoisotopic (exact) mass is 250 g/mol. The van der Waals surface area contributed by atoms with Crippen LogP contribution in [0.2, 0.25) is 0 Å². The Morgan fingerprint density at radius 3 is 2.78 bits per heavy atom. The Hall–Kier alpha value is -0.930. The first-order valence-corrected chi connectivity index (χ1v) is 6.76. The summed E-state index contributed by atoms with van der Waals surface area (Å²) in [6, 6.07) is 5.99. The Morgan fingerprint density at radius 2 is 2.17 bits per heavy atom. The van der Waals surface area contributed by atoms with E-state index in [1.54, 1.807) is 6.07 Å². The maximum absolute atomic E-state index is 13.8. The molecule has 2 nitrogen and oxygen atoms in total. The molecule has 1 aliphatic rings. The zero-order valence-corrected chi connectivity index (χ0v) is 11.5. The third-order valence-corrected chi connectivity index (χ3v) is 3.78. The summed E-state index contributed by atoms with van der Waals surface area (Å²) in [7, 11) is 1.91. The summed E-state index contributed by atoms with van der Waals surface area (Å²) in [6.45, 7) is 7.11. The minimum atomic E-state index is -0.0818. The van der Waals surface area contributed by atoms with Gasteiger partial charge >= 0.3 is 0 Å². The largest absolute Gasteiger partial charge is 0.316 e. The average Bonchev–Trinajstić information content (AvgIpc) is 2.62. The van der Waals surface area contributed by atoms with Crippen LogP contribution in [-0.4, -0.2) is 24.5 Å². The minimum Gasteiger partial charge on any atom is -0.316 e. The van der Waals surface area contributed by atoms with Gasteiger partial charge in [0.2, 0.25) is 0 Å². The standard InChI is InChI=1S/C15H23FN2/c1-11-6-12(2)18(9-11)10-14-7-13(8-17-3)4-5-15(14)16/h4-5,7,11-12,17H,6,8-10H2,1-3H3. The van der Waals surface area contributed by atoms with E-state index in [1.807, 2.05) is 19.2 Å². The summed E-state index contributed by atoms with van der Waals surface area (Å²) in [5.74, 6) is 0.644. The normalized spacial score (nSPS) is 24.7. The van der Waals surface area contributed by atoms with Crippen molar-refractivity contribution in [2.75, 3.05) is 13.6 Å². The highest BCUT2D eigenvalue weighted by atomic mass is 19.1. The first kappa shape index (κ1) is 13.5. The van der Waals surface area contributed by atoms with Crippen LogP contribution in [0.4, 0.5) is 4.39 Å². The average molecular weight is 250 g/mol. The van der Waals surface area contributed by atoms with Crippen molar-refractivity contribution in [2.24, 2.45) is 5.92 Å². The molecule has 0 radical (unpaired) electrons. The van der Waals surface area contributed by atoms with Crippen molar-refractivity contribution in [3.05, 3.63) is 35.1 Å². The third kappa shape index (κ3) is 3.09. The second-order valence-electron chi connectivity index (χ2n) is 5.58. The molecule has 0 saturated carbocycles. The summed E-state index contributed by atoms with van der Waals surface area (Å²) in [5.41, 5.74) is 1.97. The molecule has 18 heavy (non-hydrogen) atoms. The van der Waals surface area contributed by atoms with Crippen molar-refractivity contribution < 1.29 is 4.39 Å². The number of benzene rings is 1. The first-order chi connectivity index (χ1) is 8.60. The smallest absolute Gasteiger partial charge is 0.127 e. The van der Waals surface area contributed by atoms with Crippen LogP contribution in [0.25, 0.3) is 0 Å². The zero-order valence-electron chi connectivity index (χ0n) is 11.5. The molecule has 2 atom stereocenters. The molecule has 1 N–H and O–H groups in total. The van der Waals surface area contributed by atoms with Crippen molar-refractivity contribution >= 4 is 0 Å². The molecule has 0 bridgehead atoms. The van der Waals surface area contributed by atoms with Crippen LogP contribution in [0.5, 0.6) is 0 Å². The highest BCUT2D eigenvalue weighted by Gasteiger charge is 2.26. The van der Waals surface area contributed by atoms with Crippen LogP contribution < -0.4 is 5.32 Å². The number of nitrogens with zero attached hydrogens (tertiary/aromatic N) is 1. The molecule has 3 heteroatoms. The van der Waals surface area contributed by atoms with Crippen molar-refractivity contribution in [3.63, 3.8) is 0 Å². The highest BCUT2D eigenvalue weighted by molar-refractivity contribution is 5.25. The van der Waals surface area contributed by atoms with Crippen LogP contribution in [0.15, 0.2) is 18.2 Å². The molecule has 1 aliphatic heterocycles. The molecule has 0 aromatic heterocycles. The molecular formula is C15H23FN2. The molecule has 1 saturated heterocycles. The fraction of sp³-hybridized carbons (Fsp3) is 0.600. The second-order valence-corrected chi connectivity index (χ2v) is 5.58. The van der Waals surface area contributed by atoms with Gasteiger partial charge in [0.25, 0.3) is 0 Å². The van der Waals surface area contributed by atoms with Gasteiger partial charge in [-0.25, -0.2) is 4.39 Å². The predicted molar refractivity (Wildman–Crippen MR) is 72.8 cm³/mol. The molecule has 1 heterocycles. The van der Waals surface area contributed by atoms with E-state index in [9.17, 15) is 4.39 Å². The summed E-state index contributed by atoms with van der Waals surface area (Å²) < 4.78 is 13.8. The van der Waals surface area contributed by atoms with E-state index in [4.69, 9.17) is 0 Å². The topological polar surface area (TPSA) is 15.3 Å². The Morgan fingerprint density at radius 1 is 1.39 bits per heavy atom. The summed E-state index contributed by atoms with van der Waals surface area (Å²) in [5, 5.41) is 3.10. The maximum Gasteiger partial charge on any atom is 0.127 e. The van der Waals surface area contributed by atoms with Gasteiger partial charge < -0.3 is 5.32 Å². The molecule has 0 amide bonds. The van der Waals surface area contributed by atoms with E-state index in [0.717, 1.165) is 36.7 Å². The number of halogens is 1. The third-order valence-electron chi connectivity index (χ3n) is 3.78. The van der Waals surface area contributed by atoms with Gasteiger partial charge in [0.05, 0.1) is 0 Å². The minimum absolute atomic E-state index is 0.0818. The van der Waals surface area contributed by atoms with Crippen molar-refractivity contribution in [2.45, 2.75) is 39.4 Å². The van der Waals surface area contributed by atoms with Gasteiger partial charge in [-0.3, -0.25) is 4.90 Å². The lowest BCUT2D eigenvalue weighted by Crippen LogP contribution is -2.27. The van der Waals surface area contributed by atoms with Crippen LogP contribution in [0.3, 0.4) is 0 Å². The number of rotatable bonds is 4. The Labute approximate surface area is 109 Å². The predicted octanol–water partition coefficient (Wildman–Crippen LogP) is 2.78. The van der Waals surface area contributed by atoms with E-state index in [0.29, 0.717) is 6.04 Å². The summed E-state index contributed by atoms with van der Waals surface area (Å²) in [6.07, 6.45) is 1.22. The number of nitrogens with one attached hydrogen (secondary N) is 1. The molecule has 2 rings (SSSR count). The molecule has 1 fully saturated rings. The molecule has 1 aromatic rings. The quantitative estimate of drug-likeness (QED) is 0.884. The fourth-order valence-electron chi connectivity index (χ4n) is 2.89. The number of likely N-dealkylation sites (tertiary alicyclic amines) is 1. The Kier molecular flexibility index (Phi) is 4.36. The molecular weight excluding hydrogens is 227 g/mol. The Balaban J connectivity index is 2.10. The van der Waals surface area contributed by atoms with Gasteiger partial charge in [-0.15, -0.1) is 0 Å². The summed E-state index contributed by atoms with van der Waals surface area (Å²) in [4.78, 5) is 2.38. The molecule has 1 aromatic carbocycles. The number of hydrogen-bond donors (Lipinski definition) is 1. The number of hydrogen-bond acceptors (Lipinski definition) is 2. The second kappa shape index (κ2) is 5.81. The van der Waals surface area contributed by atoms with Crippen molar-refractivity contribution in [1.29, 1.82) is 0 Å². The van der Waals surface area contributed by atoms with Gasteiger partial charge in [0.1, 0.15) is 5.82 Å². The van der Waals surface area contributed by atoms with E-state index in [2.05, 4.69) is 24.1 Å². The Bertz CT molecular complexity index is 405. The van der Waals surface area contributed by atoms with E-state index in [-0.39, 0.29) is 5.82 Å². The van der Waals surface area contributed by atoms with Gasteiger partial charge in [0.15, 0.2) is 0 Å². The van der Waals surface area contributed by atoms with Crippen LogP contribution >= 0.6 is 0 Å². The van der Waals surface area contributed by atoms with Crippen LogP contribution in [-0.2, 0) is 13.1 Å². The van der Waals surface area contributed by atoms with Crippen LogP contribution in [0, 0.1) is 11.7 Å². The molecule has 0 spiro atoms. The van der Waals surface area contributed by atoms with Gasteiger partial charge in [-0.2, -0.15) is 0 Å². The first-order valence-electron chi connectivity index (χ1n) is 6.76. The van der Waals surface area contributed by atoms with Gasteiger partial charge in [0, 0.05) is 31.2 Å². The zero-order chi connectivity index (χ0) is 13.1. The van der Waals surface area contributed by atoms with E-state index in [1.165, 1.54) is 6.42 Å². The fourth-order valence-corrected chi connectivity index (χ4v) is 2.89. The van der Waals surface area contributed by atoms with Crippen molar-refractivity contribution in [1.82, 2.24) is 10.2 Å². The van der Waals surface area contributed by atoms with Gasteiger partial charge in [-0.05, 0) is 37.9 Å². The molecule has 2 unspecified atom stereocenters. The lowest BCUT2D eigenvalue weighted by molar-refractivity contribution is 0.253. The lowest BCUT2D eigenvalue weighted by Gasteiger charge is -2.21. The lowest BCUT2D eigenvalue weighted by atomic mass is 10.1. The summed E-state index contributed by atoms with van der Waals surface area (Å²) >= 11 is 0. The SMILES string of the molecule is CNCc1ccc(F)c(CN2CC(C)CC2C)c1.